The van der Waals surface area contributed by atoms with Gasteiger partial charge in [-0.3, -0.25) is 9.59 Å². The second-order valence-electron chi connectivity index (χ2n) is 6.08. The van der Waals surface area contributed by atoms with Gasteiger partial charge >= 0.3 is 0 Å². The molecule has 0 heterocycles. The summed E-state index contributed by atoms with van der Waals surface area (Å²) in [6.45, 7) is 2.14. The minimum atomic E-state index is -0.304. The highest BCUT2D eigenvalue weighted by molar-refractivity contribution is 5.98. The largest absolute Gasteiger partial charge is 0.497 e. The van der Waals surface area contributed by atoms with Crippen LogP contribution in [0.15, 0.2) is 48.5 Å². The number of likely N-dealkylation sites (N-methyl/N-ethyl adjacent to an activating group) is 1. The number of amides is 2. The van der Waals surface area contributed by atoms with Crippen LogP contribution in [-0.2, 0) is 9.59 Å². The Labute approximate surface area is 170 Å². The van der Waals surface area contributed by atoms with E-state index in [1.807, 2.05) is 13.0 Å². The van der Waals surface area contributed by atoms with Crippen molar-refractivity contribution in [1.82, 2.24) is 4.90 Å². The summed E-state index contributed by atoms with van der Waals surface area (Å²) in [5.74, 6) is 1.23. The second kappa shape index (κ2) is 10.8. The fourth-order valence-electron chi connectivity index (χ4n) is 2.66. The van der Waals surface area contributed by atoms with Gasteiger partial charge in [0.2, 0.25) is 11.8 Å². The number of carbonyl (C=O) groups is 2. The number of hydrogen-bond acceptors (Lipinski definition) is 5. The van der Waals surface area contributed by atoms with E-state index in [0.29, 0.717) is 29.5 Å². The molecule has 0 aliphatic carbocycles. The Morgan fingerprint density at radius 3 is 2.24 bits per heavy atom. The van der Waals surface area contributed by atoms with Gasteiger partial charge in [0.05, 0.1) is 27.0 Å². The third-order valence-electron chi connectivity index (χ3n) is 4.20. The Morgan fingerprint density at radius 2 is 1.66 bits per heavy atom. The summed E-state index contributed by atoms with van der Waals surface area (Å²) in [6, 6.07) is 12.4. The van der Waals surface area contributed by atoms with E-state index in [1.54, 1.807) is 56.7 Å². The lowest BCUT2D eigenvalue weighted by atomic mass is 10.2. The van der Waals surface area contributed by atoms with Gasteiger partial charge in [0.15, 0.2) is 0 Å². The zero-order chi connectivity index (χ0) is 21.2. The van der Waals surface area contributed by atoms with E-state index < -0.39 is 0 Å². The molecule has 0 spiro atoms. The van der Waals surface area contributed by atoms with E-state index in [0.717, 1.165) is 5.56 Å². The average molecular weight is 398 g/mol. The summed E-state index contributed by atoms with van der Waals surface area (Å²) in [7, 11) is 4.66. The summed E-state index contributed by atoms with van der Waals surface area (Å²) in [6.07, 6.45) is 3.09. The van der Waals surface area contributed by atoms with E-state index in [2.05, 4.69) is 5.32 Å². The van der Waals surface area contributed by atoms with Crippen molar-refractivity contribution in [3.63, 3.8) is 0 Å². The van der Waals surface area contributed by atoms with Crippen LogP contribution in [0.5, 0.6) is 17.2 Å². The monoisotopic (exact) mass is 398 g/mol. The third-order valence-corrected chi connectivity index (χ3v) is 4.20. The number of hydrogen-bond donors (Lipinski definition) is 1. The molecule has 0 aliphatic heterocycles. The normalized spacial score (nSPS) is 10.5. The molecule has 29 heavy (non-hydrogen) atoms. The maximum absolute atomic E-state index is 12.5. The molecule has 154 valence electrons. The van der Waals surface area contributed by atoms with Crippen molar-refractivity contribution in [2.45, 2.75) is 6.92 Å². The first-order valence-electron chi connectivity index (χ1n) is 9.13. The first kappa shape index (κ1) is 21.8. The number of para-hydroxylation sites is 2. The van der Waals surface area contributed by atoms with Gasteiger partial charge in [-0.1, -0.05) is 12.1 Å². The highest BCUT2D eigenvalue weighted by Crippen LogP contribution is 2.24. The van der Waals surface area contributed by atoms with Gasteiger partial charge in [-0.25, -0.2) is 0 Å². The van der Waals surface area contributed by atoms with Crippen LogP contribution in [0.3, 0.4) is 0 Å². The van der Waals surface area contributed by atoms with Crippen LogP contribution in [0.4, 0.5) is 5.69 Å². The molecule has 0 aliphatic rings. The molecule has 7 heteroatoms. The molecule has 0 saturated heterocycles. The van der Waals surface area contributed by atoms with Crippen molar-refractivity contribution in [1.29, 1.82) is 0 Å². The molecule has 0 radical (unpaired) electrons. The van der Waals surface area contributed by atoms with Crippen LogP contribution in [0.25, 0.3) is 6.08 Å². The Bertz CT molecular complexity index is 857. The number of benzene rings is 2. The van der Waals surface area contributed by atoms with Gasteiger partial charge in [-0.05, 0) is 42.8 Å². The van der Waals surface area contributed by atoms with Crippen LogP contribution >= 0.6 is 0 Å². The summed E-state index contributed by atoms with van der Waals surface area (Å²) in [4.78, 5) is 26.4. The van der Waals surface area contributed by atoms with E-state index >= 15 is 0 Å². The molecule has 7 nitrogen and oxygen atoms in total. The maximum Gasteiger partial charge on any atom is 0.247 e. The molecule has 2 aromatic carbocycles. The molecule has 1 N–H and O–H groups in total. The summed E-state index contributed by atoms with van der Waals surface area (Å²) < 4.78 is 15.7. The van der Waals surface area contributed by atoms with Crippen LogP contribution in [-0.4, -0.2) is 51.1 Å². The fourth-order valence-corrected chi connectivity index (χ4v) is 2.66. The van der Waals surface area contributed by atoms with Crippen molar-refractivity contribution in [3.05, 3.63) is 54.1 Å². The Hall–Kier alpha value is -3.48. The topological polar surface area (TPSA) is 77.1 Å². The fraction of sp³-hybridized carbons (Fsp3) is 0.273. The lowest BCUT2D eigenvalue weighted by Crippen LogP contribution is -2.36. The van der Waals surface area contributed by atoms with Crippen LogP contribution in [0.1, 0.15) is 12.5 Å². The number of nitrogens with zero attached hydrogens (tertiary/aromatic N) is 1. The number of ether oxygens (including phenoxy) is 3. The van der Waals surface area contributed by atoms with E-state index in [1.165, 1.54) is 18.1 Å². The quantitative estimate of drug-likeness (QED) is 0.657. The first-order chi connectivity index (χ1) is 14.0. The standard InChI is InChI=1S/C22H26N2O5/c1-5-24(15-21(25)23-19-8-6-7-9-20(19)29-4)22(26)11-10-16-12-17(27-2)14-18(13-16)28-3/h6-14H,5,15H2,1-4H3,(H,23,25)/b11-10+. The SMILES string of the molecule is CCN(CC(=O)Nc1ccccc1OC)C(=O)/C=C/c1cc(OC)cc(OC)c1. The zero-order valence-corrected chi connectivity index (χ0v) is 17.1. The number of anilines is 1. The van der Waals surface area contributed by atoms with Crippen molar-refractivity contribution >= 4 is 23.6 Å². The second-order valence-corrected chi connectivity index (χ2v) is 6.08. The van der Waals surface area contributed by atoms with E-state index in [-0.39, 0.29) is 18.4 Å². The van der Waals surface area contributed by atoms with Crippen molar-refractivity contribution in [2.24, 2.45) is 0 Å². The van der Waals surface area contributed by atoms with Gasteiger partial charge in [-0.2, -0.15) is 0 Å². The summed E-state index contributed by atoms with van der Waals surface area (Å²) >= 11 is 0. The predicted molar refractivity (Wildman–Crippen MR) is 112 cm³/mol. The highest BCUT2D eigenvalue weighted by atomic mass is 16.5. The minimum absolute atomic E-state index is 0.0703. The number of rotatable bonds is 9. The molecular weight excluding hydrogens is 372 g/mol. The van der Waals surface area contributed by atoms with Crippen molar-refractivity contribution < 1.29 is 23.8 Å². The Balaban J connectivity index is 2.04. The zero-order valence-electron chi connectivity index (χ0n) is 17.1. The predicted octanol–water partition coefficient (Wildman–Crippen LogP) is 3.21. The molecule has 0 unspecified atom stereocenters. The molecule has 0 atom stereocenters. The van der Waals surface area contributed by atoms with Gasteiger partial charge in [0, 0.05) is 18.7 Å². The average Bonchev–Trinajstić information content (AvgIpc) is 2.75. The lowest BCUT2D eigenvalue weighted by molar-refractivity contribution is -0.130. The van der Waals surface area contributed by atoms with E-state index in [4.69, 9.17) is 14.2 Å². The summed E-state index contributed by atoms with van der Waals surface area (Å²) in [5.41, 5.74) is 1.31. The third kappa shape index (κ3) is 6.27. The van der Waals surface area contributed by atoms with Gasteiger partial charge in [0.1, 0.15) is 23.8 Å². The minimum Gasteiger partial charge on any atom is -0.497 e. The van der Waals surface area contributed by atoms with Crippen LogP contribution < -0.4 is 19.5 Å². The van der Waals surface area contributed by atoms with Gasteiger partial charge in [-0.15, -0.1) is 0 Å². The molecule has 0 fully saturated rings. The number of methoxy groups -OCH3 is 3. The smallest absolute Gasteiger partial charge is 0.247 e. The molecular formula is C22H26N2O5. The first-order valence-corrected chi connectivity index (χ1v) is 9.13. The summed E-state index contributed by atoms with van der Waals surface area (Å²) in [5, 5.41) is 2.77. The van der Waals surface area contributed by atoms with Crippen molar-refractivity contribution in [3.8, 4) is 17.2 Å². The van der Waals surface area contributed by atoms with Gasteiger partial charge in [0.25, 0.3) is 0 Å². The highest BCUT2D eigenvalue weighted by Gasteiger charge is 2.15. The number of nitrogens with one attached hydrogen (secondary N) is 1. The van der Waals surface area contributed by atoms with Crippen LogP contribution in [0, 0.1) is 0 Å². The Kier molecular flexibility index (Phi) is 8.09. The molecule has 2 amide bonds. The van der Waals surface area contributed by atoms with Crippen molar-refractivity contribution in [2.75, 3.05) is 39.7 Å². The van der Waals surface area contributed by atoms with Gasteiger partial charge < -0.3 is 24.4 Å². The Morgan fingerprint density at radius 1 is 1.00 bits per heavy atom. The lowest BCUT2D eigenvalue weighted by Gasteiger charge is -2.19. The maximum atomic E-state index is 12.5. The molecule has 2 rings (SSSR count). The van der Waals surface area contributed by atoms with Crippen LogP contribution in [0.2, 0.25) is 0 Å². The molecule has 0 aromatic heterocycles. The van der Waals surface area contributed by atoms with E-state index in [9.17, 15) is 9.59 Å². The molecule has 2 aromatic rings. The molecule has 0 saturated carbocycles. The molecule has 0 bridgehead atoms. The number of carbonyl (C=O) groups excluding carboxylic acids is 2.